The van der Waals surface area contributed by atoms with Crippen LogP contribution < -0.4 is 10.9 Å². The van der Waals surface area contributed by atoms with E-state index in [0.29, 0.717) is 22.2 Å². The minimum absolute atomic E-state index is 0.0329. The fourth-order valence-electron chi connectivity index (χ4n) is 2.82. The van der Waals surface area contributed by atoms with Crippen molar-refractivity contribution in [2.75, 3.05) is 19.5 Å². The number of hydroxylamine groups is 1. The molecule has 0 saturated carbocycles. The lowest BCUT2D eigenvalue weighted by atomic mass is 10.1. The molecule has 0 bridgehead atoms. The number of anilines is 1. The van der Waals surface area contributed by atoms with Crippen LogP contribution >= 0.6 is 0 Å². The van der Waals surface area contributed by atoms with Crippen LogP contribution in [0.25, 0.3) is 10.8 Å². The number of nitrogens with zero attached hydrogens (tertiary/aromatic N) is 3. The molecule has 29 heavy (non-hydrogen) atoms. The van der Waals surface area contributed by atoms with Gasteiger partial charge in [0.2, 0.25) is 5.91 Å². The maximum Gasteiger partial charge on any atom is 0.274 e. The van der Waals surface area contributed by atoms with Crippen LogP contribution in [0.15, 0.2) is 58.2 Å². The molecule has 1 heterocycles. The third-order valence-electron chi connectivity index (χ3n) is 4.39. The van der Waals surface area contributed by atoms with Gasteiger partial charge in [-0.3, -0.25) is 14.4 Å². The van der Waals surface area contributed by atoms with E-state index >= 15 is 0 Å². The lowest BCUT2D eigenvalue weighted by Gasteiger charge is -2.14. The number of fused-ring (bicyclic) bond motifs is 1. The fourth-order valence-corrected chi connectivity index (χ4v) is 3.79. The van der Waals surface area contributed by atoms with Gasteiger partial charge in [0.1, 0.15) is 0 Å². The molecule has 0 fully saturated rings. The van der Waals surface area contributed by atoms with Crippen LogP contribution in [0.1, 0.15) is 5.69 Å². The standard InChI is InChI=1S/C19H20N4O5S/c1-22-19(25)16-7-5-4-6-15(16)17(21-22)12-18(24)20-13-8-10-14(11-9-13)29(26,27)23(2)28-3/h4-11H,12H2,1-3H3,(H,20,24). The summed E-state index contributed by atoms with van der Waals surface area (Å²) in [6, 6.07) is 12.7. The lowest BCUT2D eigenvalue weighted by Crippen LogP contribution is -2.25. The molecule has 0 atom stereocenters. The smallest absolute Gasteiger partial charge is 0.274 e. The van der Waals surface area contributed by atoms with Crippen LogP contribution in [0, 0.1) is 0 Å². The van der Waals surface area contributed by atoms with Gasteiger partial charge < -0.3 is 5.32 Å². The van der Waals surface area contributed by atoms with Crippen LogP contribution in [-0.2, 0) is 33.1 Å². The number of rotatable bonds is 6. The number of hydrogen-bond acceptors (Lipinski definition) is 6. The molecule has 0 unspecified atom stereocenters. The first-order valence-corrected chi connectivity index (χ1v) is 10.1. The molecule has 2 aromatic carbocycles. The average Bonchev–Trinajstić information content (AvgIpc) is 2.71. The van der Waals surface area contributed by atoms with Gasteiger partial charge in [-0.05, 0) is 30.3 Å². The predicted octanol–water partition coefficient (Wildman–Crippen LogP) is 1.30. The molecule has 0 aliphatic carbocycles. The second kappa shape index (κ2) is 8.11. The van der Waals surface area contributed by atoms with Crippen LogP contribution in [0.2, 0.25) is 0 Å². The number of amides is 1. The number of sulfonamides is 1. The zero-order valence-corrected chi connectivity index (χ0v) is 16.9. The second-order valence-electron chi connectivity index (χ2n) is 6.27. The molecule has 1 aromatic heterocycles. The Morgan fingerprint density at radius 1 is 1.14 bits per heavy atom. The van der Waals surface area contributed by atoms with E-state index in [1.165, 1.54) is 50.2 Å². The van der Waals surface area contributed by atoms with Gasteiger partial charge in [0.25, 0.3) is 15.6 Å². The van der Waals surface area contributed by atoms with E-state index < -0.39 is 10.0 Å². The van der Waals surface area contributed by atoms with Gasteiger partial charge in [0, 0.05) is 25.2 Å². The molecule has 10 heteroatoms. The van der Waals surface area contributed by atoms with E-state index in [0.717, 1.165) is 4.47 Å². The van der Waals surface area contributed by atoms with E-state index in [4.69, 9.17) is 4.84 Å². The summed E-state index contributed by atoms with van der Waals surface area (Å²) in [6.45, 7) is 0. The number of aromatic nitrogens is 2. The number of hydrogen-bond donors (Lipinski definition) is 1. The summed E-state index contributed by atoms with van der Waals surface area (Å²) in [6.07, 6.45) is -0.0406. The first-order chi connectivity index (χ1) is 13.7. The van der Waals surface area contributed by atoms with Gasteiger partial charge in [-0.2, -0.15) is 5.10 Å². The van der Waals surface area contributed by atoms with Crippen molar-refractivity contribution in [1.82, 2.24) is 14.2 Å². The maximum absolute atomic E-state index is 12.5. The highest BCUT2D eigenvalue weighted by atomic mass is 32.2. The Hall–Kier alpha value is -3.08. The molecule has 9 nitrogen and oxygen atoms in total. The second-order valence-corrected chi connectivity index (χ2v) is 8.20. The summed E-state index contributed by atoms with van der Waals surface area (Å²) < 4.78 is 26.4. The lowest BCUT2D eigenvalue weighted by molar-refractivity contribution is -0.115. The third-order valence-corrected chi connectivity index (χ3v) is 6.09. The third kappa shape index (κ3) is 4.19. The highest BCUT2D eigenvalue weighted by Gasteiger charge is 2.20. The normalized spacial score (nSPS) is 11.7. The summed E-state index contributed by atoms with van der Waals surface area (Å²) in [5, 5.41) is 8.02. The summed E-state index contributed by atoms with van der Waals surface area (Å²) >= 11 is 0. The number of aryl methyl sites for hydroxylation is 1. The first-order valence-electron chi connectivity index (χ1n) is 8.62. The maximum atomic E-state index is 12.5. The number of benzene rings is 2. The number of nitrogens with one attached hydrogen (secondary N) is 1. The molecule has 1 N–H and O–H groups in total. The molecule has 0 spiro atoms. The van der Waals surface area contributed by atoms with E-state index in [-0.39, 0.29) is 22.8 Å². The van der Waals surface area contributed by atoms with Crippen molar-refractivity contribution in [2.24, 2.45) is 7.05 Å². The molecule has 152 valence electrons. The van der Waals surface area contributed by atoms with Crippen LogP contribution in [0.3, 0.4) is 0 Å². The van der Waals surface area contributed by atoms with Crippen molar-refractivity contribution in [2.45, 2.75) is 11.3 Å². The SMILES string of the molecule is CON(C)S(=O)(=O)c1ccc(NC(=O)Cc2nn(C)c(=O)c3ccccc23)cc1. The zero-order chi connectivity index (χ0) is 21.2. The van der Waals surface area contributed by atoms with Crippen molar-refractivity contribution in [1.29, 1.82) is 0 Å². The molecule has 0 radical (unpaired) electrons. The molecule has 0 aliphatic heterocycles. The van der Waals surface area contributed by atoms with Crippen molar-refractivity contribution in [3.63, 3.8) is 0 Å². The van der Waals surface area contributed by atoms with Crippen LogP contribution in [-0.4, -0.2) is 42.7 Å². The van der Waals surface area contributed by atoms with Gasteiger partial charge in [-0.25, -0.2) is 13.1 Å². The molecular formula is C19H20N4O5S. The Kier molecular flexibility index (Phi) is 5.78. The van der Waals surface area contributed by atoms with Crippen LogP contribution in [0.4, 0.5) is 5.69 Å². The van der Waals surface area contributed by atoms with Crippen molar-refractivity contribution >= 4 is 32.4 Å². The highest BCUT2D eigenvalue weighted by molar-refractivity contribution is 7.89. The Balaban J connectivity index is 1.80. The Morgan fingerprint density at radius 2 is 1.76 bits per heavy atom. The van der Waals surface area contributed by atoms with Crippen molar-refractivity contribution in [3.8, 4) is 0 Å². The Morgan fingerprint density at radius 3 is 2.38 bits per heavy atom. The number of carbonyl (C=O) groups excluding carboxylic acids is 1. The van der Waals surface area contributed by atoms with E-state index in [9.17, 15) is 18.0 Å². The summed E-state index contributed by atoms with van der Waals surface area (Å²) in [5.74, 6) is -0.342. The summed E-state index contributed by atoms with van der Waals surface area (Å²) in [5.41, 5.74) is 0.673. The van der Waals surface area contributed by atoms with E-state index in [1.54, 1.807) is 24.3 Å². The molecule has 3 aromatic rings. The summed E-state index contributed by atoms with van der Waals surface area (Å²) in [7, 11) is 0.315. The Labute approximate surface area is 167 Å². The summed E-state index contributed by atoms with van der Waals surface area (Å²) in [4.78, 5) is 29.4. The minimum atomic E-state index is -3.76. The van der Waals surface area contributed by atoms with Gasteiger partial charge in [-0.15, -0.1) is 0 Å². The Bertz CT molecular complexity index is 1220. The van der Waals surface area contributed by atoms with E-state index in [2.05, 4.69) is 10.4 Å². The zero-order valence-electron chi connectivity index (χ0n) is 16.1. The molecule has 1 amide bonds. The number of carbonyl (C=O) groups is 1. The van der Waals surface area contributed by atoms with E-state index in [1.807, 2.05) is 0 Å². The van der Waals surface area contributed by atoms with Gasteiger partial charge in [0.05, 0.1) is 29.5 Å². The predicted molar refractivity (Wildman–Crippen MR) is 108 cm³/mol. The average molecular weight is 416 g/mol. The molecule has 0 saturated heterocycles. The largest absolute Gasteiger partial charge is 0.326 e. The van der Waals surface area contributed by atoms with Crippen LogP contribution in [0.5, 0.6) is 0 Å². The minimum Gasteiger partial charge on any atom is -0.326 e. The molecular weight excluding hydrogens is 396 g/mol. The van der Waals surface area contributed by atoms with Crippen molar-refractivity contribution < 1.29 is 18.0 Å². The van der Waals surface area contributed by atoms with Gasteiger partial charge in [0.15, 0.2) is 0 Å². The molecule has 0 aliphatic rings. The fraction of sp³-hybridized carbons (Fsp3) is 0.211. The topological polar surface area (TPSA) is 111 Å². The highest BCUT2D eigenvalue weighted by Crippen LogP contribution is 2.18. The van der Waals surface area contributed by atoms with Gasteiger partial charge in [-0.1, -0.05) is 22.7 Å². The van der Waals surface area contributed by atoms with Gasteiger partial charge >= 0.3 is 0 Å². The monoisotopic (exact) mass is 416 g/mol. The van der Waals surface area contributed by atoms with Crippen molar-refractivity contribution in [3.05, 3.63) is 64.6 Å². The molecule has 3 rings (SSSR count). The first kappa shape index (κ1) is 20.6. The quantitative estimate of drug-likeness (QED) is 0.607.